The van der Waals surface area contributed by atoms with Gasteiger partial charge in [-0.1, -0.05) is 12.2 Å². The molecule has 0 aliphatic carbocycles. The highest BCUT2D eigenvalue weighted by Gasteiger charge is 2.45. The summed E-state index contributed by atoms with van der Waals surface area (Å²) in [7, 11) is 0. The van der Waals surface area contributed by atoms with Crippen LogP contribution in [0, 0.1) is 5.41 Å². The van der Waals surface area contributed by atoms with Crippen molar-refractivity contribution in [2.24, 2.45) is 11.1 Å². The van der Waals surface area contributed by atoms with Crippen molar-refractivity contribution in [2.75, 3.05) is 13.1 Å². The third-order valence-electron chi connectivity index (χ3n) is 2.33. The highest BCUT2D eigenvalue weighted by atomic mass is 32.1. The Hall–Kier alpha value is -0.840. The zero-order valence-electron chi connectivity index (χ0n) is 9.66. The largest absolute Gasteiger partial charge is 0.444 e. The number of carbonyl (C=O) groups is 1. The number of hydrogen-bond acceptors (Lipinski definition) is 3. The summed E-state index contributed by atoms with van der Waals surface area (Å²) in [5, 5.41) is 0. The van der Waals surface area contributed by atoms with Crippen molar-refractivity contribution in [1.29, 1.82) is 0 Å². The number of rotatable bonds is 1. The Balaban J connectivity index is 2.46. The molecule has 1 amide bonds. The van der Waals surface area contributed by atoms with Crippen LogP contribution in [-0.4, -0.2) is 34.7 Å². The van der Waals surface area contributed by atoms with E-state index in [1.807, 2.05) is 27.7 Å². The minimum atomic E-state index is -0.452. The monoisotopic (exact) mass is 230 g/mol. The fourth-order valence-electron chi connectivity index (χ4n) is 1.41. The molecule has 0 saturated carbocycles. The van der Waals surface area contributed by atoms with Crippen molar-refractivity contribution in [3.05, 3.63) is 0 Å². The van der Waals surface area contributed by atoms with Crippen LogP contribution in [0.5, 0.6) is 0 Å². The van der Waals surface area contributed by atoms with Crippen LogP contribution in [0.25, 0.3) is 0 Å². The van der Waals surface area contributed by atoms with Crippen molar-refractivity contribution < 1.29 is 9.53 Å². The highest BCUT2D eigenvalue weighted by molar-refractivity contribution is 7.80. The minimum Gasteiger partial charge on any atom is -0.444 e. The maximum atomic E-state index is 11.6. The van der Waals surface area contributed by atoms with Gasteiger partial charge in [-0.25, -0.2) is 4.79 Å². The molecule has 1 saturated heterocycles. The lowest BCUT2D eigenvalue weighted by Gasteiger charge is -2.47. The Labute approximate surface area is 95.8 Å². The molecule has 0 bridgehead atoms. The van der Waals surface area contributed by atoms with E-state index in [1.165, 1.54) is 0 Å². The summed E-state index contributed by atoms with van der Waals surface area (Å²) in [4.78, 5) is 13.6. The van der Waals surface area contributed by atoms with Crippen molar-refractivity contribution in [3.63, 3.8) is 0 Å². The molecule has 1 fully saturated rings. The molecule has 0 unspecified atom stereocenters. The van der Waals surface area contributed by atoms with Gasteiger partial charge in [0.05, 0.1) is 10.4 Å². The van der Waals surface area contributed by atoms with E-state index in [0.29, 0.717) is 18.1 Å². The van der Waals surface area contributed by atoms with Crippen molar-refractivity contribution in [3.8, 4) is 0 Å². The SMILES string of the molecule is CC(C)(C)OC(=O)N1CC(C)(C(N)=S)C1. The molecule has 1 rings (SSSR count). The molecule has 0 aromatic heterocycles. The third-order valence-corrected chi connectivity index (χ3v) is 2.82. The summed E-state index contributed by atoms with van der Waals surface area (Å²) in [6.45, 7) is 8.59. The third kappa shape index (κ3) is 2.81. The smallest absolute Gasteiger partial charge is 0.410 e. The molecule has 86 valence electrons. The van der Waals surface area contributed by atoms with E-state index in [0.717, 1.165) is 0 Å². The zero-order valence-corrected chi connectivity index (χ0v) is 10.5. The van der Waals surface area contributed by atoms with E-state index in [4.69, 9.17) is 22.7 Å². The molecule has 0 aromatic rings. The van der Waals surface area contributed by atoms with Crippen LogP contribution in [0.1, 0.15) is 27.7 Å². The first kappa shape index (κ1) is 12.2. The van der Waals surface area contributed by atoms with Gasteiger partial charge in [0.25, 0.3) is 0 Å². The molecule has 0 atom stereocenters. The molecule has 1 aliphatic rings. The summed E-state index contributed by atoms with van der Waals surface area (Å²) in [6.07, 6.45) is -0.295. The summed E-state index contributed by atoms with van der Waals surface area (Å²) in [6, 6.07) is 0. The van der Waals surface area contributed by atoms with E-state index in [1.54, 1.807) is 4.90 Å². The van der Waals surface area contributed by atoms with Gasteiger partial charge in [-0.2, -0.15) is 0 Å². The molecule has 5 heteroatoms. The number of nitrogens with two attached hydrogens (primary N) is 1. The van der Waals surface area contributed by atoms with E-state index in [2.05, 4.69) is 0 Å². The van der Waals surface area contributed by atoms with Crippen LogP contribution in [0.2, 0.25) is 0 Å². The average Bonchev–Trinajstić information content (AvgIpc) is 1.94. The molecule has 0 aromatic carbocycles. The van der Waals surface area contributed by atoms with Gasteiger partial charge in [-0.3, -0.25) is 0 Å². The number of ether oxygens (including phenoxy) is 1. The summed E-state index contributed by atoms with van der Waals surface area (Å²) in [5.41, 5.74) is 4.91. The second-order valence-corrected chi connectivity index (χ2v) is 5.70. The second kappa shape index (κ2) is 3.63. The number of carbonyl (C=O) groups excluding carboxylic acids is 1. The Morgan fingerprint density at radius 2 is 1.93 bits per heavy atom. The average molecular weight is 230 g/mol. The molecule has 4 nitrogen and oxygen atoms in total. The lowest BCUT2D eigenvalue weighted by Crippen LogP contribution is -2.62. The molecular formula is C10H18N2O2S. The van der Waals surface area contributed by atoms with Gasteiger partial charge in [0.2, 0.25) is 0 Å². The predicted molar refractivity (Wildman–Crippen MR) is 62.7 cm³/mol. The number of thiocarbonyl (C=S) groups is 1. The van der Waals surface area contributed by atoms with E-state index in [-0.39, 0.29) is 11.5 Å². The Morgan fingerprint density at radius 1 is 1.47 bits per heavy atom. The van der Waals surface area contributed by atoms with Gasteiger partial charge in [0.1, 0.15) is 5.60 Å². The fraction of sp³-hybridized carbons (Fsp3) is 0.800. The maximum absolute atomic E-state index is 11.6. The summed E-state index contributed by atoms with van der Waals surface area (Å²) < 4.78 is 5.22. The fourth-order valence-corrected chi connectivity index (χ4v) is 1.54. The molecule has 15 heavy (non-hydrogen) atoms. The standard InChI is InChI=1S/C10H18N2O2S/c1-9(2,3)14-8(13)12-5-10(4,6-12)7(11)15/h5-6H2,1-4H3,(H2,11,15). The molecular weight excluding hydrogens is 212 g/mol. The number of amides is 1. The highest BCUT2D eigenvalue weighted by Crippen LogP contribution is 2.31. The lowest BCUT2D eigenvalue weighted by molar-refractivity contribution is -0.00879. The van der Waals surface area contributed by atoms with Crippen LogP contribution < -0.4 is 5.73 Å². The van der Waals surface area contributed by atoms with Gasteiger partial charge in [-0.15, -0.1) is 0 Å². The van der Waals surface area contributed by atoms with Crippen LogP contribution in [0.4, 0.5) is 4.79 Å². The molecule has 0 radical (unpaired) electrons. The van der Waals surface area contributed by atoms with Gasteiger partial charge < -0.3 is 15.4 Å². The predicted octanol–water partition coefficient (Wildman–Crippen LogP) is 1.53. The lowest BCUT2D eigenvalue weighted by atomic mass is 9.82. The Kier molecular flexibility index (Phi) is 2.96. The van der Waals surface area contributed by atoms with Crippen molar-refractivity contribution in [2.45, 2.75) is 33.3 Å². The first-order chi connectivity index (χ1) is 6.64. The number of hydrogen-bond donors (Lipinski definition) is 1. The normalized spacial score (nSPS) is 19.3. The second-order valence-electron chi connectivity index (χ2n) is 5.26. The molecule has 2 N–H and O–H groups in total. The number of likely N-dealkylation sites (tertiary alicyclic amines) is 1. The first-order valence-electron chi connectivity index (χ1n) is 4.92. The zero-order chi connectivity index (χ0) is 11.9. The summed E-state index contributed by atoms with van der Waals surface area (Å²) in [5.74, 6) is 0. The molecule has 1 heterocycles. The van der Waals surface area contributed by atoms with E-state index < -0.39 is 5.60 Å². The molecule has 0 spiro atoms. The van der Waals surface area contributed by atoms with E-state index in [9.17, 15) is 4.79 Å². The maximum Gasteiger partial charge on any atom is 0.410 e. The topological polar surface area (TPSA) is 55.6 Å². The van der Waals surface area contributed by atoms with Crippen LogP contribution >= 0.6 is 12.2 Å². The van der Waals surface area contributed by atoms with Crippen LogP contribution in [0.3, 0.4) is 0 Å². The van der Waals surface area contributed by atoms with E-state index >= 15 is 0 Å². The van der Waals surface area contributed by atoms with Crippen molar-refractivity contribution in [1.82, 2.24) is 4.90 Å². The minimum absolute atomic E-state index is 0.216. The molecule has 1 aliphatic heterocycles. The van der Waals surface area contributed by atoms with Gasteiger partial charge in [0, 0.05) is 13.1 Å². The van der Waals surface area contributed by atoms with Crippen molar-refractivity contribution >= 4 is 23.3 Å². The van der Waals surface area contributed by atoms with Crippen LogP contribution in [-0.2, 0) is 4.74 Å². The van der Waals surface area contributed by atoms with Gasteiger partial charge >= 0.3 is 6.09 Å². The first-order valence-corrected chi connectivity index (χ1v) is 5.33. The van der Waals surface area contributed by atoms with Crippen LogP contribution in [0.15, 0.2) is 0 Å². The van der Waals surface area contributed by atoms with Gasteiger partial charge in [0.15, 0.2) is 0 Å². The summed E-state index contributed by atoms with van der Waals surface area (Å²) >= 11 is 4.93. The van der Waals surface area contributed by atoms with Gasteiger partial charge in [-0.05, 0) is 27.7 Å². The Bertz CT molecular complexity index is 290. The Morgan fingerprint density at radius 3 is 2.27 bits per heavy atom. The number of nitrogens with zero attached hydrogens (tertiary/aromatic N) is 1. The quantitative estimate of drug-likeness (QED) is 0.694.